The van der Waals surface area contributed by atoms with Crippen LogP contribution in [0.4, 0.5) is 5.13 Å². The molecule has 3 rings (SSSR count). The van der Waals surface area contributed by atoms with Gasteiger partial charge in [0.15, 0.2) is 5.13 Å². The highest BCUT2D eigenvalue weighted by molar-refractivity contribution is 7.17. The first-order valence-corrected chi connectivity index (χ1v) is 10.0. The van der Waals surface area contributed by atoms with Gasteiger partial charge in [0.25, 0.3) is 0 Å². The first kappa shape index (κ1) is 21.8. The molecule has 1 aromatic carbocycles. The lowest BCUT2D eigenvalue weighted by Gasteiger charge is -2.19. The predicted molar refractivity (Wildman–Crippen MR) is 109 cm³/mol. The van der Waals surface area contributed by atoms with Gasteiger partial charge in [-0.3, -0.25) is 9.59 Å². The number of aromatic nitrogens is 1. The van der Waals surface area contributed by atoms with Gasteiger partial charge >= 0.3 is 5.97 Å². The minimum atomic E-state index is -0.997. The van der Waals surface area contributed by atoms with Gasteiger partial charge in [-0.25, -0.2) is 9.78 Å². The fraction of sp³-hybridized carbons (Fsp3) is 0.368. The lowest BCUT2D eigenvalue weighted by atomic mass is 9.89. The van der Waals surface area contributed by atoms with E-state index in [1.54, 1.807) is 31.2 Å². The van der Waals surface area contributed by atoms with Gasteiger partial charge in [0, 0.05) is 16.5 Å². The molecule has 1 fully saturated rings. The molecule has 2 aromatic rings. The molecule has 0 radical (unpaired) electrons. The topological polar surface area (TPSA) is 122 Å². The van der Waals surface area contributed by atoms with Crippen LogP contribution < -0.4 is 11.1 Å². The van der Waals surface area contributed by atoms with Crippen LogP contribution in [0.2, 0.25) is 5.02 Å². The van der Waals surface area contributed by atoms with E-state index in [9.17, 15) is 14.4 Å². The Hall–Kier alpha value is -2.45. The number of aryl methyl sites for hydroxylation is 1. The van der Waals surface area contributed by atoms with Crippen LogP contribution in [0.1, 0.15) is 57.8 Å². The van der Waals surface area contributed by atoms with Gasteiger partial charge in [-0.1, -0.05) is 42.2 Å². The van der Waals surface area contributed by atoms with Gasteiger partial charge in [0.2, 0.25) is 11.8 Å². The number of carbonyl (C=O) groups excluding carboxylic acids is 2. The third kappa shape index (κ3) is 6.31. The fourth-order valence-corrected chi connectivity index (χ4v) is 3.77. The SMILES string of the molecule is Cc1nc(NC(=O)C2CCCCC2)sc1C(=O)O.NC(=O)c1ccc(Cl)cc1. The average molecular weight is 424 g/mol. The van der Waals surface area contributed by atoms with Crippen LogP contribution in [-0.2, 0) is 4.79 Å². The lowest BCUT2D eigenvalue weighted by molar-refractivity contribution is -0.120. The van der Waals surface area contributed by atoms with E-state index in [0.29, 0.717) is 21.4 Å². The number of hydrogen-bond acceptors (Lipinski definition) is 5. The summed E-state index contributed by atoms with van der Waals surface area (Å²) in [6.07, 6.45) is 5.22. The number of carboxylic acid groups (broad SMARTS) is 1. The van der Waals surface area contributed by atoms with E-state index >= 15 is 0 Å². The van der Waals surface area contributed by atoms with Crippen molar-refractivity contribution in [3.8, 4) is 0 Å². The molecule has 1 aliphatic carbocycles. The molecule has 1 aliphatic rings. The first-order valence-electron chi connectivity index (χ1n) is 8.85. The summed E-state index contributed by atoms with van der Waals surface area (Å²) in [6, 6.07) is 6.43. The van der Waals surface area contributed by atoms with Crippen molar-refractivity contribution in [2.24, 2.45) is 11.7 Å². The molecule has 0 saturated heterocycles. The van der Waals surface area contributed by atoms with Crippen molar-refractivity contribution in [2.75, 3.05) is 5.32 Å². The van der Waals surface area contributed by atoms with Crippen molar-refractivity contribution in [2.45, 2.75) is 39.0 Å². The Morgan fingerprint density at radius 1 is 1.18 bits per heavy atom. The van der Waals surface area contributed by atoms with Crippen molar-refractivity contribution >= 4 is 45.9 Å². The number of aromatic carboxylic acids is 1. The van der Waals surface area contributed by atoms with Crippen LogP contribution in [0, 0.1) is 12.8 Å². The number of hydrogen-bond donors (Lipinski definition) is 3. The maximum Gasteiger partial charge on any atom is 0.347 e. The second-order valence-corrected chi connectivity index (χ2v) is 7.87. The summed E-state index contributed by atoms with van der Waals surface area (Å²) < 4.78 is 0. The van der Waals surface area contributed by atoms with Gasteiger partial charge in [-0.05, 0) is 44.0 Å². The van der Waals surface area contributed by atoms with E-state index in [2.05, 4.69) is 10.3 Å². The van der Waals surface area contributed by atoms with Crippen molar-refractivity contribution in [1.82, 2.24) is 4.98 Å². The maximum absolute atomic E-state index is 12.0. The Labute approximate surface area is 171 Å². The van der Waals surface area contributed by atoms with Gasteiger partial charge < -0.3 is 16.2 Å². The predicted octanol–water partition coefficient (Wildman–Crippen LogP) is 4.11. The lowest BCUT2D eigenvalue weighted by Crippen LogP contribution is -2.24. The number of nitrogens with one attached hydrogen (secondary N) is 1. The monoisotopic (exact) mass is 423 g/mol. The second-order valence-electron chi connectivity index (χ2n) is 6.43. The summed E-state index contributed by atoms with van der Waals surface area (Å²) in [4.78, 5) is 37.6. The summed E-state index contributed by atoms with van der Waals surface area (Å²) in [6.45, 7) is 1.64. The summed E-state index contributed by atoms with van der Waals surface area (Å²) in [5, 5.41) is 12.6. The Morgan fingerprint density at radius 2 is 1.79 bits per heavy atom. The highest BCUT2D eigenvalue weighted by atomic mass is 35.5. The number of amides is 2. The van der Waals surface area contributed by atoms with Crippen molar-refractivity contribution in [3.63, 3.8) is 0 Å². The number of carbonyl (C=O) groups is 3. The number of nitrogens with zero attached hydrogens (tertiary/aromatic N) is 1. The van der Waals surface area contributed by atoms with Gasteiger partial charge in [0.1, 0.15) is 4.88 Å². The summed E-state index contributed by atoms with van der Waals surface area (Å²) in [5.41, 5.74) is 5.91. The summed E-state index contributed by atoms with van der Waals surface area (Å²) >= 11 is 6.58. The Kier molecular flexibility index (Phi) is 7.95. The maximum atomic E-state index is 12.0. The number of rotatable bonds is 4. The molecule has 0 unspecified atom stereocenters. The van der Waals surface area contributed by atoms with Crippen molar-refractivity contribution in [3.05, 3.63) is 45.4 Å². The molecule has 0 aliphatic heterocycles. The van der Waals surface area contributed by atoms with Crippen LogP contribution in [0.25, 0.3) is 0 Å². The number of primary amides is 1. The van der Waals surface area contributed by atoms with Gasteiger partial charge in [-0.2, -0.15) is 0 Å². The van der Waals surface area contributed by atoms with Crippen LogP contribution in [-0.4, -0.2) is 27.9 Å². The molecule has 1 aromatic heterocycles. The third-order valence-corrected chi connectivity index (χ3v) is 5.64. The number of nitrogens with two attached hydrogens (primary N) is 1. The average Bonchev–Trinajstić information content (AvgIpc) is 3.04. The Bertz CT molecular complexity index is 845. The number of anilines is 1. The molecule has 0 bridgehead atoms. The molecule has 1 heterocycles. The molecule has 7 nitrogen and oxygen atoms in total. The molecule has 2 amide bonds. The molecule has 0 atom stereocenters. The van der Waals surface area contributed by atoms with Gasteiger partial charge in [0.05, 0.1) is 5.69 Å². The van der Waals surface area contributed by atoms with Crippen molar-refractivity contribution < 1.29 is 19.5 Å². The zero-order chi connectivity index (χ0) is 20.7. The third-order valence-electron chi connectivity index (χ3n) is 4.33. The zero-order valence-electron chi connectivity index (χ0n) is 15.4. The Balaban J connectivity index is 0.000000237. The van der Waals surface area contributed by atoms with Crippen LogP contribution >= 0.6 is 22.9 Å². The molecular formula is C19H22ClN3O4S. The van der Waals surface area contributed by atoms with Crippen LogP contribution in [0.3, 0.4) is 0 Å². The van der Waals surface area contributed by atoms with E-state index in [0.717, 1.165) is 37.0 Å². The number of thiazole rings is 1. The number of halogens is 1. The zero-order valence-corrected chi connectivity index (χ0v) is 17.0. The van der Waals surface area contributed by atoms with E-state index in [1.165, 1.54) is 6.42 Å². The quantitative estimate of drug-likeness (QED) is 0.682. The largest absolute Gasteiger partial charge is 0.477 e. The van der Waals surface area contributed by atoms with E-state index in [-0.39, 0.29) is 16.7 Å². The smallest absolute Gasteiger partial charge is 0.347 e. The van der Waals surface area contributed by atoms with Crippen LogP contribution in [0.5, 0.6) is 0 Å². The second kappa shape index (κ2) is 10.2. The van der Waals surface area contributed by atoms with Crippen LogP contribution in [0.15, 0.2) is 24.3 Å². The number of benzene rings is 1. The summed E-state index contributed by atoms with van der Waals surface area (Å²) in [5.74, 6) is -1.41. The minimum absolute atomic E-state index is 0.0274. The van der Waals surface area contributed by atoms with E-state index in [4.69, 9.17) is 22.4 Å². The molecule has 150 valence electrons. The van der Waals surface area contributed by atoms with E-state index in [1.807, 2.05) is 0 Å². The van der Waals surface area contributed by atoms with Gasteiger partial charge in [-0.15, -0.1) is 0 Å². The molecule has 9 heteroatoms. The minimum Gasteiger partial charge on any atom is -0.477 e. The van der Waals surface area contributed by atoms with E-state index < -0.39 is 11.9 Å². The van der Waals surface area contributed by atoms with Crippen molar-refractivity contribution in [1.29, 1.82) is 0 Å². The molecule has 28 heavy (non-hydrogen) atoms. The fourth-order valence-electron chi connectivity index (χ4n) is 2.83. The molecule has 0 spiro atoms. The molecule has 1 saturated carbocycles. The highest BCUT2D eigenvalue weighted by Gasteiger charge is 2.23. The standard InChI is InChI=1S/C12H16N2O3S.C7H6ClNO/c1-7-9(11(16)17)18-12(13-7)14-10(15)8-5-3-2-4-6-8;8-6-3-1-5(2-4-6)7(9)10/h8H,2-6H2,1H3,(H,16,17)(H,13,14,15);1-4H,(H2,9,10). The molecular weight excluding hydrogens is 402 g/mol. The highest BCUT2D eigenvalue weighted by Crippen LogP contribution is 2.27. The number of carboxylic acids is 1. The normalized spacial score (nSPS) is 13.9. The first-order chi connectivity index (χ1) is 13.3. The molecule has 4 N–H and O–H groups in total. The Morgan fingerprint density at radius 3 is 2.29 bits per heavy atom. The summed E-state index contributed by atoms with van der Waals surface area (Å²) in [7, 11) is 0.